The SMILES string of the molecule is O=C(CCc1cccs1)N1CCCC[C@H]1c1cc(=O)n2[nH]ccc2n1. The molecule has 0 aromatic carbocycles. The summed E-state index contributed by atoms with van der Waals surface area (Å²) in [5.74, 6) is 0.147. The molecular weight excluding hydrogens is 336 g/mol. The lowest BCUT2D eigenvalue weighted by atomic mass is 9.98. The molecule has 4 rings (SSSR count). The molecule has 4 heterocycles. The maximum atomic E-state index is 12.8. The van der Waals surface area contributed by atoms with E-state index in [9.17, 15) is 9.59 Å². The normalized spacial score (nSPS) is 17.9. The summed E-state index contributed by atoms with van der Waals surface area (Å²) in [7, 11) is 0. The second-order valence-corrected chi connectivity index (χ2v) is 7.39. The predicted molar refractivity (Wildman–Crippen MR) is 96.8 cm³/mol. The van der Waals surface area contributed by atoms with Crippen molar-refractivity contribution in [1.29, 1.82) is 0 Å². The van der Waals surface area contributed by atoms with Crippen molar-refractivity contribution < 1.29 is 4.79 Å². The number of aromatic nitrogens is 3. The average Bonchev–Trinajstić information content (AvgIpc) is 3.31. The number of H-pyrrole nitrogens is 1. The topological polar surface area (TPSA) is 70.5 Å². The number of rotatable bonds is 4. The van der Waals surface area contributed by atoms with E-state index in [0.29, 0.717) is 17.8 Å². The Hall–Kier alpha value is -2.41. The van der Waals surface area contributed by atoms with E-state index >= 15 is 0 Å². The Labute approximate surface area is 149 Å². The van der Waals surface area contributed by atoms with Gasteiger partial charge in [-0.1, -0.05) is 6.07 Å². The second-order valence-electron chi connectivity index (χ2n) is 6.35. The van der Waals surface area contributed by atoms with Gasteiger partial charge >= 0.3 is 0 Å². The molecule has 1 fully saturated rings. The molecule has 3 aromatic rings. The Balaban J connectivity index is 1.57. The van der Waals surface area contributed by atoms with Gasteiger partial charge < -0.3 is 4.90 Å². The molecule has 1 saturated heterocycles. The first-order valence-electron chi connectivity index (χ1n) is 8.61. The lowest BCUT2D eigenvalue weighted by Gasteiger charge is -2.35. The van der Waals surface area contributed by atoms with Gasteiger partial charge in [-0.2, -0.15) is 0 Å². The molecule has 1 amide bonds. The molecule has 25 heavy (non-hydrogen) atoms. The van der Waals surface area contributed by atoms with Gasteiger partial charge in [0.05, 0.1) is 11.7 Å². The summed E-state index contributed by atoms with van der Waals surface area (Å²) in [5.41, 5.74) is 1.16. The maximum Gasteiger partial charge on any atom is 0.272 e. The summed E-state index contributed by atoms with van der Waals surface area (Å²) in [6.45, 7) is 0.738. The van der Waals surface area contributed by atoms with E-state index in [-0.39, 0.29) is 17.5 Å². The van der Waals surface area contributed by atoms with Crippen LogP contribution in [0.15, 0.2) is 40.6 Å². The molecule has 1 aliphatic heterocycles. The minimum Gasteiger partial charge on any atom is -0.334 e. The van der Waals surface area contributed by atoms with E-state index in [0.717, 1.165) is 32.2 Å². The number of amides is 1. The van der Waals surface area contributed by atoms with E-state index in [4.69, 9.17) is 0 Å². The lowest BCUT2D eigenvalue weighted by Crippen LogP contribution is -2.39. The van der Waals surface area contributed by atoms with Crippen molar-refractivity contribution in [2.75, 3.05) is 6.54 Å². The molecule has 0 spiro atoms. The van der Waals surface area contributed by atoms with Crippen LogP contribution in [0.2, 0.25) is 0 Å². The number of carbonyl (C=O) groups is 1. The number of fused-ring (bicyclic) bond motifs is 1. The molecule has 1 aliphatic rings. The fraction of sp³-hybridized carbons (Fsp3) is 0.389. The largest absolute Gasteiger partial charge is 0.334 e. The van der Waals surface area contributed by atoms with Gasteiger partial charge in [-0.15, -0.1) is 11.3 Å². The summed E-state index contributed by atoms with van der Waals surface area (Å²) >= 11 is 1.68. The number of aromatic amines is 1. The van der Waals surface area contributed by atoms with Crippen LogP contribution in [-0.4, -0.2) is 31.9 Å². The maximum absolute atomic E-state index is 12.8. The number of carbonyl (C=O) groups excluding carboxylic acids is 1. The van der Waals surface area contributed by atoms with Crippen molar-refractivity contribution in [1.82, 2.24) is 19.5 Å². The van der Waals surface area contributed by atoms with E-state index in [1.807, 2.05) is 16.3 Å². The first kappa shape index (κ1) is 16.1. The monoisotopic (exact) mass is 356 g/mol. The third-order valence-corrected chi connectivity index (χ3v) is 5.67. The first-order valence-corrected chi connectivity index (χ1v) is 9.49. The van der Waals surface area contributed by atoms with Crippen molar-refractivity contribution in [3.63, 3.8) is 0 Å². The van der Waals surface area contributed by atoms with E-state index in [1.54, 1.807) is 29.7 Å². The number of aryl methyl sites for hydroxylation is 1. The van der Waals surface area contributed by atoms with Crippen LogP contribution in [0.25, 0.3) is 5.65 Å². The van der Waals surface area contributed by atoms with Crippen LogP contribution >= 0.6 is 11.3 Å². The zero-order valence-electron chi connectivity index (χ0n) is 13.9. The third-order valence-electron chi connectivity index (χ3n) is 4.73. The molecular formula is C18H20N4O2S. The Morgan fingerprint density at radius 1 is 1.36 bits per heavy atom. The molecule has 0 radical (unpaired) electrons. The second kappa shape index (κ2) is 6.84. The van der Waals surface area contributed by atoms with Gasteiger partial charge in [0.15, 0.2) is 5.65 Å². The highest BCUT2D eigenvalue weighted by atomic mass is 32.1. The molecule has 6 nitrogen and oxygen atoms in total. The standard InChI is InChI=1S/C18H20N4O2S/c23-17(7-6-13-4-3-11-25-13)21-10-2-1-5-15(21)14-12-18(24)22-16(20-14)8-9-19-22/h3-4,8-9,11-12,15,19H,1-2,5-7,10H2/t15-/m0/s1. The molecule has 1 N–H and O–H groups in total. The van der Waals surface area contributed by atoms with Crippen molar-refractivity contribution in [2.24, 2.45) is 0 Å². The van der Waals surface area contributed by atoms with Crippen LogP contribution in [-0.2, 0) is 11.2 Å². The van der Waals surface area contributed by atoms with Gasteiger partial charge in [0.2, 0.25) is 5.91 Å². The predicted octanol–water partition coefficient (Wildman–Crippen LogP) is 2.77. The highest BCUT2D eigenvalue weighted by Gasteiger charge is 2.29. The molecule has 0 unspecified atom stereocenters. The molecule has 0 bridgehead atoms. The summed E-state index contributed by atoms with van der Waals surface area (Å²) < 4.78 is 1.41. The van der Waals surface area contributed by atoms with E-state index in [2.05, 4.69) is 16.1 Å². The summed E-state index contributed by atoms with van der Waals surface area (Å²) in [6.07, 6.45) is 5.88. The van der Waals surface area contributed by atoms with Crippen molar-refractivity contribution >= 4 is 22.9 Å². The van der Waals surface area contributed by atoms with Crippen molar-refractivity contribution in [3.05, 3.63) is 56.8 Å². The average molecular weight is 356 g/mol. The molecule has 3 aromatic heterocycles. The smallest absolute Gasteiger partial charge is 0.272 e. The fourth-order valence-corrected chi connectivity index (χ4v) is 4.19. The Morgan fingerprint density at radius 2 is 2.28 bits per heavy atom. The Morgan fingerprint density at radius 3 is 3.12 bits per heavy atom. The number of thiophene rings is 1. The fourth-order valence-electron chi connectivity index (χ4n) is 3.48. The van der Waals surface area contributed by atoms with Crippen LogP contribution in [0.5, 0.6) is 0 Å². The Kier molecular flexibility index (Phi) is 4.40. The van der Waals surface area contributed by atoms with Gasteiger partial charge in [-0.25, -0.2) is 9.50 Å². The van der Waals surface area contributed by atoms with Gasteiger partial charge in [-0.05, 0) is 37.1 Å². The molecule has 130 valence electrons. The quantitative estimate of drug-likeness (QED) is 0.781. The van der Waals surface area contributed by atoms with Gasteiger partial charge in [-0.3, -0.25) is 14.7 Å². The van der Waals surface area contributed by atoms with Crippen LogP contribution in [0.1, 0.15) is 42.3 Å². The summed E-state index contributed by atoms with van der Waals surface area (Å²) in [6, 6.07) is 7.30. The number of nitrogens with zero attached hydrogens (tertiary/aromatic N) is 3. The van der Waals surface area contributed by atoms with Crippen molar-refractivity contribution in [3.8, 4) is 0 Å². The molecule has 0 aliphatic carbocycles. The summed E-state index contributed by atoms with van der Waals surface area (Å²) in [4.78, 5) is 32.8. The number of nitrogens with one attached hydrogen (secondary N) is 1. The van der Waals surface area contributed by atoms with Crippen LogP contribution in [0.3, 0.4) is 0 Å². The lowest BCUT2D eigenvalue weighted by molar-refractivity contribution is -0.135. The van der Waals surface area contributed by atoms with Gasteiger partial charge in [0.1, 0.15) is 0 Å². The van der Waals surface area contributed by atoms with Crippen LogP contribution < -0.4 is 5.56 Å². The number of hydrogen-bond acceptors (Lipinski definition) is 4. The van der Waals surface area contributed by atoms with E-state index in [1.165, 1.54) is 9.39 Å². The number of likely N-dealkylation sites (tertiary alicyclic amines) is 1. The van der Waals surface area contributed by atoms with Gasteiger partial charge in [0, 0.05) is 36.2 Å². The highest BCUT2D eigenvalue weighted by molar-refractivity contribution is 7.09. The van der Waals surface area contributed by atoms with Crippen LogP contribution in [0, 0.1) is 0 Å². The van der Waals surface area contributed by atoms with E-state index < -0.39 is 0 Å². The third kappa shape index (κ3) is 3.24. The molecule has 0 saturated carbocycles. The number of piperidine rings is 1. The zero-order valence-corrected chi connectivity index (χ0v) is 14.7. The zero-order chi connectivity index (χ0) is 17.2. The van der Waals surface area contributed by atoms with Crippen molar-refractivity contribution in [2.45, 2.75) is 38.1 Å². The minimum absolute atomic E-state index is 0.0998. The first-order chi connectivity index (χ1) is 12.2. The molecule has 7 heteroatoms. The summed E-state index contributed by atoms with van der Waals surface area (Å²) in [5, 5.41) is 4.88. The number of hydrogen-bond donors (Lipinski definition) is 1. The minimum atomic E-state index is -0.137. The van der Waals surface area contributed by atoms with Gasteiger partial charge in [0.25, 0.3) is 5.56 Å². The Bertz CT molecular complexity index is 928. The van der Waals surface area contributed by atoms with Crippen LogP contribution in [0.4, 0.5) is 0 Å². The molecule has 1 atom stereocenters. The highest BCUT2D eigenvalue weighted by Crippen LogP contribution is 2.30.